The summed E-state index contributed by atoms with van der Waals surface area (Å²) in [5.41, 5.74) is 1.31. The Morgan fingerprint density at radius 3 is 2.41 bits per heavy atom. The molecule has 1 atom stereocenters. The van der Waals surface area contributed by atoms with E-state index in [1.54, 1.807) is 12.1 Å². The summed E-state index contributed by atoms with van der Waals surface area (Å²) in [4.78, 5) is 27.1. The normalized spacial score (nSPS) is 11.7. The van der Waals surface area contributed by atoms with Crippen molar-refractivity contribution < 1.29 is 23.6 Å². The van der Waals surface area contributed by atoms with Gasteiger partial charge in [-0.25, -0.2) is 14.0 Å². The van der Waals surface area contributed by atoms with Gasteiger partial charge in [-0.15, -0.1) is 0 Å². The predicted molar refractivity (Wildman–Crippen MR) is 102 cm³/mol. The van der Waals surface area contributed by atoms with E-state index in [9.17, 15) is 14.0 Å². The summed E-state index contributed by atoms with van der Waals surface area (Å²) >= 11 is 5.90. The number of halogens is 2. The van der Waals surface area contributed by atoms with Crippen LogP contribution in [0.4, 0.5) is 14.9 Å². The lowest BCUT2D eigenvalue weighted by Gasteiger charge is -2.18. The summed E-state index contributed by atoms with van der Waals surface area (Å²) in [7, 11) is 0. The molecule has 0 saturated heterocycles. The second-order valence-corrected chi connectivity index (χ2v) is 6.59. The van der Waals surface area contributed by atoms with Gasteiger partial charge in [0, 0.05) is 23.2 Å². The average Bonchev–Trinajstić information content (AvgIpc) is 3.14. The highest BCUT2D eigenvalue weighted by molar-refractivity contribution is 6.30. The van der Waals surface area contributed by atoms with Gasteiger partial charge >= 0.3 is 17.9 Å². The van der Waals surface area contributed by atoms with Gasteiger partial charge in [0.2, 0.25) is 0 Å². The molecule has 3 N–H and O–H groups in total. The molecule has 10 heteroatoms. The molecule has 0 saturated carbocycles. The molecule has 0 aliphatic rings. The van der Waals surface area contributed by atoms with Crippen molar-refractivity contribution in [2.24, 2.45) is 0 Å². The number of amides is 2. The number of urea groups is 1. The zero-order valence-corrected chi connectivity index (χ0v) is 15.7. The van der Waals surface area contributed by atoms with Crippen LogP contribution in [0.25, 0.3) is 0 Å². The number of rotatable bonds is 7. The van der Waals surface area contributed by atoms with Gasteiger partial charge in [-0.3, -0.25) is 0 Å². The molecule has 2 aromatic carbocycles. The first-order valence-corrected chi connectivity index (χ1v) is 8.90. The number of carboxylic acids is 1. The number of carbonyl (C=O) groups excluding carboxylic acids is 1. The Bertz CT molecular complexity index is 992. The lowest BCUT2D eigenvalue weighted by atomic mass is 10.0. The fraction of sp³-hybridized carbons (Fsp3) is 0.158. The van der Waals surface area contributed by atoms with E-state index in [1.807, 2.05) is 12.1 Å². The van der Waals surface area contributed by atoms with E-state index in [2.05, 4.69) is 25.3 Å². The monoisotopic (exact) mass is 418 g/mol. The van der Waals surface area contributed by atoms with Crippen LogP contribution in [0.3, 0.4) is 0 Å². The second-order valence-electron chi connectivity index (χ2n) is 6.16. The first-order valence-electron chi connectivity index (χ1n) is 8.52. The molecule has 0 bridgehead atoms. The Kier molecular flexibility index (Phi) is 6.40. The molecule has 3 aromatic rings. The van der Waals surface area contributed by atoms with E-state index in [-0.39, 0.29) is 12.2 Å². The summed E-state index contributed by atoms with van der Waals surface area (Å²) in [6, 6.07) is 11.4. The van der Waals surface area contributed by atoms with E-state index in [1.165, 1.54) is 24.3 Å². The van der Waals surface area contributed by atoms with Crippen molar-refractivity contribution in [1.82, 2.24) is 15.5 Å². The number of carboxylic acid groups (broad SMARTS) is 1. The first-order chi connectivity index (χ1) is 13.9. The third kappa shape index (κ3) is 6.01. The lowest BCUT2D eigenvalue weighted by Crippen LogP contribution is -2.41. The summed E-state index contributed by atoms with van der Waals surface area (Å²) in [6.07, 6.45) is 0.543. The number of carbonyl (C=O) groups is 2. The summed E-state index contributed by atoms with van der Waals surface area (Å²) < 4.78 is 17.7. The number of benzene rings is 2. The maximum atomic E-state index is 13.0. The second kappa shape index (κ2) is 9.16. The van der Waals surface area contributed by atoms with Gasteiger partial charge in [0.05, 0.1) is 0 Å². The van der Waals surface area contributed by atoms with Crippen LogP contribution in [0, 0.1) is 5.82 Å². The van der Waals surface area contributed by atoms with Crippen LogP contribution < -0.4 is 10.6 Å². The quantitative estimate of drug-likeness (QED) is 0.540. The van der Waals surface area contributed by atoms with Crippen molar-refractivity contribution in [2.45, 2.75) is 18.9 Å². The summed E-state index contributed by atoms with van der Waals surface area (Å²) in [6.45, 7) is 0. The molecule has 0 aliphatic heterocycles. The standard InChI is InChI=1S/C19H16ClFN4O4/c20-12-3-1-11(2-4-12)9-15(10-16-24-17(18(26)27)29-25-16)23-19(28)22-14-7-5-13(21)6-8-14/h1-8,15H,9-10H2,(H,26,27)(H2,22,23,28). The molecule has 3 rings (SSSR count). The number of nitrogens with zero attached hydrogens (tertiary/aromatic N) is 2. The Labute approximate surface area is 169 Å². The molecule has 29 heavy (non-hydrogen) atoms. The minimum atomic E-state index is -1.33. The Morgan fingerprint density at radius 1 is 1.10 bits per heavy atom. The van der Waals surface area contributed by atoms with Gasteiger partial charge in [-0.2, -0.15) is 4.98 Å². The fourth-order valence-electron chi connectivity index (χ4n) is 2.61. The third-order valence-electron chi connectivity index (χ3n) is 3.91. The molecule has 1 aromatic heterocycles. The zero-order chi connectivity index (χ0) is 20.8. The molecule has 0 fully saturated rings. The highest BCUT2D eigenvalue weighted by atomic mass is 35.5. The van der Waals surface area contributed by atoms with Crippen LogP contribution in [-0.4, -0.2) is 33.3 Å². The van der Waals surface area contributed by atoms with Gasteiger partial charge in [-0.05, 0) is 48.4 Å². The van der Waals surface area contributed by atoms with E-state index in [0.29, 0.717) is 17.1 Å². The predicted octanol–water partition coefficient (Wildman–Crippen LogP) is 3.54. The van der Waals surface area contributed by atoms with Crippen LogP contribution >= 0.6 is 11.6 Å². The molecule has 150 valence electrons. The molecular weight excluding hydrogens is 403 g/mol. The number of anilines is 1. The van der Waals surface area contributed by atoms with Crippen molar-refractivity contribution >= 4 is 29.3 Å². The number of aromatic nitrogens is 2. The third-order valence-corrected chi connectivity index (χ3v) is 4.16. The molecule has 8 nitrogen and oxygen atoms in total. The van der Waals surface area contributed by atoms with E-state index < -0.39 is 29.8 Å². The maximum Gasteiger partial charge on any atom is 0.394 e. The van der Waals surface area contributed by atoms with Crippen molar-refractivity contribution in [2.75, 3.05) is 5.32 Å². The van der Waals surface area contributed by atoms with Crippen molar-refractivity contribution in [3.05, 3.63) is 76.6 Å². The molecule has 0 spiro atoms. The van der Waals surface area contributed by atoms with Gasteiger partial charge < -0.3 is 20.3 Å². The first kappa shape index (κ1) is 20.3. The molecule has 2 amide bonds. The van der Waals surface area contributed by atoms with Crippen LogP contribution in [0.5, 0.6) is 0 Å². The van der Waals surface area contributed by atoms with Crippen LogP contribution in [0.15, 0.2) is 53.1 Å². The summed E-state index contributed by atoms with van der Waals surface area (Å²) in [5.74, 6) is -2.13. The zero-order valence-electron chi connectivity index (χ0n) is 14.9. The molecule has 1 unspecified atom stereocenters. The van der Waals surface area contributed by atoms with Crippen molar-refractivity contribution in [1.29, 1.82) is 0 Å². The molecule has 0 radical (unpaired) electrons. The summed E-state index contributed by atoms with van der Waals surface area (Å²) in [5, 5.41) is 18.5. The Morgan fingerprint density at radius 2 is 1.79 bits per heavy atom. The minimum absolute atomic E-state index is 0.135. The number of aromatic carboxylic acids is 1. The van der Waals surface area contributed by atoms with E-state index in [4.69, 9.17) is 16.7 Å². The largest absolute Gasteiger partial charge is 0.474 e. The van der Waals surface area contributed by atoms with Gasteiger partial charge in [0.25, 0.3) is 0 Å². The Balaban J connectivity index is 1.71. The van der Waals surface area contributed by atoms with Crippen molar-refractivity contribution in [3.8, 4) is 0 Å². The Hall–Kier alpha value is -3.46. The van der Waals surface area contributed by atoms with Gasteiger partial charge in [0.1, 0.15) is 5.82 Å². The number of nitrogens with one attached hydrogen (secondary N) is 2. The van der Waals surface area contributed by atoms with Crippen LogP contribution in [0.1, 0.15) is 22.1 Å². The fourth-order valence-corrected chi connectivity index (χ4v) is 2.74. The molecular formula is C19H16ClFN4O4. The van der Waals surface area contributed by atoms with Gasteiger partial charge in [-0.1, -0.05) is 28.9 Å². The van der Waals surface area contributed by atoms with Crippen molar-refractivity contribution in [3.63, 3.8) is 0 Å². The van der Waals surface area contributed by atoms with Crippen LogP contribution in [0.2, 0.25) is 5.02 Å². The highest BCUT2D eigenvalue weighted by Crippen LogP contribution is 2.14. The van der Waals surface area contributed by atoms with Gasteiger partial charge in [0.15, 0.2) is 5.82 Å². The maximum absolute atomic E-state index is 13.0. The van der Waals surface area contributed by atoms with Crippen LogP contribution in [-0.2, 0) is 12.8 Å². The number of hydrogen-bond acceptors (Lipinski definition) is 5. The topological polar surface area (TPSA) is 117 Å². The smallest absolute Gasteiger partial charge is 0.394 e. The highest BCUT2D eigenvalue weighted by Gasteiger charge is 2.20. The SMILES string of the molecule is O=C(Nc1ccc(F)cc1)NC(Cc1ccc(Cl)cc1)Cc1noc(C(=O)O)n1. The minimum Gasteiger partial charge on any atom is -0.474 e. The lowest BCUT2D eigenvalue weighted by molar-refractivity contribution is 0.0643. The van der Waals surface area contributed by atoms with E-state index in [0.717, 1.165) is 5.56 Å². The van der Waals surface area contributed by atoms with E-state index >= 15 is 0 Å². The number of hydrogen-bond donors (Lipinski definition) is 3. The molecule has 1 heterocycles. The molecule has 0 aliphatic carbocycles. The average molecular weight is 419 g/mol.